The van der Waals surface area contributed by atoms with Gasteiger partial charge in [0.05, 0.1) is 6.54 Å². The van der Waals surface area contributed by atoms with Crippen molar-refractivity contribution in [2.75, 3.05) is 13.2 Å². The number of aromatic nitrogens is 2. The Morgan fingerprint density at radius 1 is 1.04 bits per heavy atom. The maximum Gasteiger partial charge on any atom is 0.246 e. The van der Waals surface area contributed by atoms with Crippen molar-refractivity contribution >= 4 is 5.91 Å². The van der Waals surface area contributed by atoms with Gasteiger partial charge >= 0.3 is 0 Å². The number of carbonyl (C=O) groups excluding carboxylic acids is 1. The molecule has 2 aromatic carbocycles. The summed E-state index contributed by atoms with van der Waals surface area (Å²) in [4.78, 5) is 16.4. The Hall–Kier alpha value is -3.35. The quantitative estimate of drug-likeness (QED) is 0.723. The van der Waals surface area contributed by atoms with Crippen molar-refractivity contribution < 1.29 is 18.8 Å². The number of aryl methyl sites for hydroxylation is 1. The third kappa shape index (κ3) is 4.25. The Bertz CT molecular complexity index is 924. The Morgan fingerprint density at radius 2 is 1.85 bits per heavy atom. The van der Waals surface area contributed by atoms with Gasteiger partial charge in [0.25, 0.3) is 0 Å². The molecule has 7 nitrogen and oxygen atoms in total. The first kappa shape index (κ1) is 17.1. The maximum atomic E-state index is 12.1. The van der Waals surface area contributed by atoms with E-state index in [0.717, 1.165) is 22.6 Å². The molecule has 0 unspecified atom stereocenters. The number of hydrogen-bond acceptors (Lipinski definition) is 6. The number of benzene rings is 2. The summed E-state index contributed by atoms with van der Waals surface area (Å²) in [5.41, 5.74) is 1.90. The van der Waals surface area contributed by atoms with Gasteiger partial charge < -0.3 is 19.3 Å². The van der Waals surface area contributed by atoms with Gasteiger partial charge in [-0.2, -0.15) is 4.98 Å². The normalized spacial score (nSPS) is 12.6. The van der Waals surface area contributed by atoms with Crippen LogP contribution in [0.15, 0.2) is 53.1 Å². The molecular weight excluding hydrogens is 346 g/mol. The molecule has 1 aliphatic heterocycles. The van der Waals surface area contributed by atoms with Gasteiger partial charge in [0.1, 0.15) is 13.2 Å². The fourth-order valence-electron chi connectivity index (χ4n) is 2.79. The number of hydrogen-bond donors (Lipinski definition) is 1. The van der Waals surface area contributed by atoms with Crippen LogP contribution in [-0.4, -0.2) is 29.3 Å². The van der Waals surface area contributed by atoms with Crippen molar-refractivity contribution in [1.82, 2.24) is 15.5 Å². The molecule has 0 aliphatic carbocycles. The van der Waals surface area contributed by atoms with Gasteiger partial charge in [-0.3, -0.25) is 4.79 Å². The first-order valence-electron chi connectivity index (χ1n) is 8.81. The fraction of sp³-hybridized carbons (Fsp3) is 0.250. The van der Waals surface area contributed by atoms with E-state index in [2.05, 4.69) is 15.5 Å². The third-order valence-electron chi connectivity index (χ3n) is 4.18. The summed E-state index contributed by atoms with van der Waals surface area (Å²) < 4.78 is 16.2. The van der Waals surface area contributed by atoms with Crippen LogP contribution in [0.25, 0.3) is 11.4 Å². The number of rotatable bonds is 6. The summed E-state index contributed by atoms with van der Waals surface area (Å²) in [5, 5.41) is 6.74. The first-order valence-corrected chi connectivity index (χ1v) is 8.81. The van der Waals surface area contributed by atoms with Crippen molar-refractivity contribution in [3.05, 3.63) is 60.0 Å². The van der Waals surface area contributed by atoms with Gasteiger partial charge in [0.2, 0.25) is 17.6 Å². The number of amides is 1. The second-order valence-corrected chi connectivity index (χ2v) is 6.13. The summed E-state index contributed by atoms with van der Waals surface area (Å²) >= 11 is 0. The van der Waals surface area contributed by atoms with Crippen molar-refractivity contribution in [1.29, 1.82) is 0 Å². The largest absolute Gasteiger partial charge is 0.486 e. The number of fused-ring (bicyclic) bond motifs is 1. The van der Waals surface area contributed by atoms with Crippen molar-refractivity contribution in [2.24, 2.45) is 0 Å². The lowest BCUT2D eigenvalue weighted by Crippen LogP contribution is -2.23. The van der Waals surface area contributed by atoms with Crippen LogP contribution in [0, 0.1) is 0 Å². The molecule has 0 bridgehead atoms. The standard InChI is InChI=1S/C20H19N3O4/c24-18(9-7-14-6-8-16-17(12-14)26-11-10-25-16)21-13-19-22-20(23-27-19)15-4-2-1-3-5-15/h1-6,8,12H,7,9-11,13H2,(H,21,24). The Kier molecular flexibility index (Phi) is 5.00. The highest BCUT2D eigenvalue weighted by molar-refractivity contribution is 5.76. The predicted molar refractivity (Wildman–Crippen MR) is 97.3 cm³/mol. The van der Waals surface area contributed by atoms with E-state index in [1.165, 1.54) is 0 Å². The summed E-state index contributed by atoms with van der Waals surface area (Å²) in [6, 6.07) is 15.3. The van der Waals surface area contributed by atoms with Gasteiger partial charge in [0, 0.05) is 12.0 Å². The van der Waals surface area contributed by atoms with Crippen LogP contribution in [0.3, 0.4) is 0 Å². The first-order chi connectivity index (χ1) is 13.3. The molecule has 0 spiro atoms. The average Bonchev–Trinajstić information content (AvgIpc) is 3.20. The zero-order chi connectivity index (χ0) is 18.5. The lowest BCUT2D eigenvalue weighted by atomic mass is 10.1. The van der Waals surface area contributed by atoms with Gasteiger partial charge in [0.15, 0.2) is 11.5 Å². The minimum atomic E-state index is -0.0793. The van der Waals surface area contributed by atoms with Crippen molar-refractivity contribution in [3.8, 4) is 22.9 Å². The van der Waals surface area contributed by atoms with E-state index >= 15 is 0 Å². The number of ether oxygens (including phenoxy) is 2. The topological polar surface area (TPSA) is 86.5 Å². The van der Waals surface area contributed by atoms with Crippen molar-refractivity contribution in [2.45, 2.75) is 19.4 Å². The van der Waals surface area contributed by atoms with E-state index in [4.69, 9.17) is 14.0 Å². The molecule has 7 heteroatoms. The van der Waals surface area contributed by atoms with E-state index in [-0.39, 0.29) is 12.5 Å². The maximum absolute atomic E-state index is 12.1. The summed E-state index contributed by atoms with van der Waals surface area (Å²) in [6.45, 7) is 1.32. The Labute approximate surface area is 156 Å². The van der Waals surface area contributed by atoms with Crippen LogP contribution in [-0.2, 0) is 17.8 Å². The monoisotopic (exact) mass is 365 g/mol. The van der Waals surface area contributed by atoms with Crippen LogP contribution in [0.4, 0.5) is 0 Å². The zero-order valence-corrected chi connectivity index (χ0v) is 14.7. The Morgan fingerprint density at radius 3 is 2.70 bits per heavy atom. The van der Waals surface area contributed by atoms with E-state index < -0.39 is 0 Å². The highest BCUT2D eigenvalue weighted by Gasteiger charge is 2.13. The van der Waals surface area contributed by atoms with Gasteiger partial charge in [-0.15, -0.1) is 0 Å². The molecule has 2 heterocycles. The molecular formula is C20H19N3O4. The smallest absolute Gasteiger partial charge is 0.246 e. The summed E-state index contributed by atoms with van der Waals surface area (Å²) in [7, 11) is 0. The fourth-order valence-corrected chi connectivity index (χ4v) is 2.79. The van der Waals surface area contributed by atoms with Gasteiger partial charge in [-0.25, -0.2) is 0 Å². The van der Waals surface area contributed by atoms with Crippen LogP contribution < -0.4 is 14.8 Å². The summed E-state index contributed by atoms with van der Waals surface area (Å²) in [5.74, 6) is 2.29. The molecule has 1 amide bonds. The van der Waals surface area contributed by atoms with Crippen LogP contribution in [0.2, 0.25) is 0 Å². The van der Waals surface area contributed by atoms with Gasteiger partial charge in [-0.05, 0) is 24.1 Å². The molecule has 0 atom stereocenters. The minimum absolute atomic E-state index is 0.0793. The molecule has 1 N–H and O–H groups in total. The van der Waals surface area contributed by atoms with E-state index in [1.54, 1.807) is 0 Å². The second kappa shape index (κ2) is 7.90. The van der Waals surface area contributed by atoms with Crippen LogP contribution in [0.1, 0.15) is 17.9 Å². The van der Waals surface area contributed by atoms with E-state index in [0.29, 0.717) is 37.8 Å². The number of carbonyl (C=O) groups is 1. The highest BCUT2D eigenvalue weighted by atomic mass is 16.6. The molecule has 4 rings (SSSR count). The predicted octanol–water partition coefficient (Wildman–Crippen LogP) is 2.76. The lowest BCUT2D eigenvalue weighted by Gasteiger charge is -2.18. The van der Waals surface area contributed by atoms with E-state index in [1.807, 2.05) is 48.5 Å². The molecule has 0 fully saturated rings. The molecule has 0 saturated heterocycles. The molecule has 3 aromatic rings. The molecule has 27 heavy (non-hydrogen) atoms. The minimum Gasteiger partial charge on any atom is -0.486 e. The molecule has 0 radical (unpaired) electrons. The highest BCUT2D eigenvalue weighted by Crippen LogP contribution is 2.31. The summed E-state index contributed by atoms with van der Waals surface area (Å²) in [6.07, 6.45) is 0.973. The molecule has 0 saturated carbocycles. The molecule has 1 aliphatic rings. The van der Waals surface area contributed by atoms with Crippen LogP contribution in [0.5, 0.6) is 11.5 Å². The lowest BCUT2D eigenvalue weighted by molar-refractivity contribution is -0.121. The Balaban J connectivity index is 1.27. The SMILES string of the molecule is O=C(CCc1ccc2c(c1)OCCO2)NCc1nc(-c2ccccc2)no1. The number of nitrogens with zero attached hydrogens (tertiary/aromatic N) is 2. The van der Waals surface area contributed by atoms with Crippen molar-refractivity contribution in [3.63, 3.8) is 0 Å². The van der Waals surface area contributed by atoms with Crippen LogP contribution >= 0.6 is 0 Å². The zero-order valence-electron chi connectivity index (χ0n) is 14.7. The third-order valence-corrected chi connectivity index (χ3v) is 4.18. The van der Waals surface area contributed by atoms with Gasteiger partial charge in [-0.1, -0.05) is 41.6 Å². The molecule has 138 valence electrons. The number of nitrogens with one attached hydrogen (secondary N) is 1. The molecule has 1 aromatic heterocycles. The second-order valence-electron chi connectivity index (χ2n) is 6.13. The van der Waals surface area contributed by atoms with E-state index in [9.17, 15) is 4.79 Å². The average molecular weight is 365 g/mol.